The average molecular weight is 244 g/mol. The van der Waals surface area contributed by atoms with Crippen LogP contribution >= 0.6 is 0 Å². The molecule has 4 rings (SSSR count). The summed E-state index contributed by atoms with van der Waals surface area (Å²) in [7, 11) is 0. The van der Waals surface area contributed by atoms with Crippen molar-refractivity contribution in [3.63, 3.8) is 0 Å². The molecule has 0 amide bonds. The summed E-state index contributed by atoms with van der Waals surface area (Å²) >= 11 is 0. The molecule has 0 bridgehead atoms. The quantitative estimate of drug-likeness (QED) is 0.722. The molecule has 5 heteroatoms. The van der Waals surface area contributed by atoms with Crippen LogP contribution in [0.2, 0.25) is 0 Å². The second-order valence-electron chi connectivity index (χ2n) is 4.59. The Morgan fingerprint density at radius 2 is 1.94 bits per heavy atom. The molecular formula is C13H12N2O3. The molecule has 0 saturated heterocycles. The molecule has 0 atom stereocenters. The van der Waals surface area contributed by atoms with Crippen LogP contribution in [0.15, 0.2) is 16.9 Å². The number of aromatic nitrogens is 1. The first-order valence-electron chi connectivity index (χ1n) is 6.01. The zero-order valence-electron chi connectivity index (χ0n) is 9.71. The summed E-state index contributed by atoms with van der Waals surface area (Å²) in [4.78, 5) is 14.9. The normalized spacial score (nSPS) is 16.9. The Kier molecular flexibility index (Phi) is 1.93. The van der Waals surface area contributed by atoms with E-state index < -0.39 is 0 Å². The Labute approximate surface area is 103 Å². The van der Waals surface area contributed by atoms with Crippen molar-refractivity contribution in [1.82, 2.24) is 10.3 Å². The molecule has 0 saturated carbocycles. The zero-order chi connectivity index (χ0) is 12.1. The van der Waals surface area contributed by atoms with E-state index in [1.807, 2.05) is 12.1 Å². The van der Waals surface area contributed by atoms with Crippen molar-refractivity contribution in [3.05, 3.63) is 33.6 Å². The molecule has 5 nitrogen and oxygen atoms in total. The van der Waals surface area contributed by atoms with E-state index in [0.717, 1.165) is 40.7 Å². The van der Waals surface area contributed by atoms with E-state index in [4.69, 9.17) is 9.47 Å². The fraction of sp³-hybridized carbons (Fsp3) is 0.308. The molecule has 2 aromatic rings. The molecule has 0 radical (unpaired) electrons. The molecule has 1 aromatic heterocycles. The lowest BCUT2D eigenvalue weighted by molar-refractivity contribution is 0.174. The van der Waals surface area contributed by atoms with Crippen LogP contribution in [0.25, 0.3) is 10.9 Å². The van der Waals surface area contributed by atoms with Crippen LogP contribution in [0.1, 0.15) is 11.1 Å². The van der Waals surface area contributed by atoms with Gasteiger partial charge < -0.3 is 19.8 Å². The van der Waals surface area contributed by atoms with Crippen LogP contribution < -0.4 is 20.3 Å². The molecule has 3 heterocycles. The topological polar surface area (TPSA) is 63.4 Å². The fourth-order valence-electron chi connectivity index (χ4n) is 2.69. The van der Waals surface area contributed by atoms with E-state index in [1.54, 1.807) is 0 Å². The molecule has 2 N–H and O–H groups in total. The van der Waals surface area contributed by atoms with Gasteiger partial charge in [0.05, 0.1) is 5.52 Å². The Balaban J connectivity index is 2.09. The molecule has 0 unspecified atom stereocenters. The first kappa shape index (κ1) is 9.96. The highest BCUT2D eigenvalue weighted by Gasteiger charge is 2.20. The second-order valence-corrected chi connectivity index (χ2v) is 4.59. The van der Waals surface area contributed by atoms with E-state index >= 15 is 0 Å². The predicted octanol–water partition coefficient (Wildman–Crippen LogP) is 0.903. The fourth-order valence-corrected chi connectivity index (χ4v) is 2.69. The summed E-state index contributed by atoms with van der Waals surface area (Å²) in [5.74, 6) is 1.46. The Bertz CT molecular complexity index is 705. The Morgan fingerprint density at radius 1 is 1.11 bits per heavy atom. The number of benzene rings is 1. The highest BCUT2D eigenvalue weighted by molar-refractivity contribution is 5.87. The van der Waals surface area contributed by atoms with Crippen LogP contribution in [-0.2, 0) is 13.0 Å². The third-order valence-electron chi connectivity index (χ3n) is 3.58. The number of hydrogen-bond acceptors (Lipinski definition) is 4. The average Bonchev–Trinajstić information content (AvgIpc) is 2.84. The van der Waals surface area contributed by atoms with Crippen molar-refractivity contribution >= 4 is 10.9 Å². The number of ether oxygens (including phenoxy) is 2. The first-order valence-corrected chi connectivity index (χ1v) is 6.01. The van der Waals surface area contributed by atoms with Crippen LogP contribution in [0, 0.1) is 0 Å². The smallest absolute Gasteiger partial charge is 0.253 e. The van der Waals surface area contributed by atoms with Gasteiger partial charge in [-0.2, -0.15) is 0 Å². The minimum absolute atomic E-state index is 0.0106. The molecule has 2 aliphatic rings. The van der Waals surface area contributed by atoms with E-state index in [0.29, 0.717) is 12.3 Å². The largest absolute Gasteiger partial charge is 0.454 e. The zero-order valence-corrected chi connectivity index (χ0v) is 9.71. The van der Waals surface area contributed by atoms with Crippen molar-refractivity contribution in [2.24, 2.45) is 0 Å². The van der Waals surface area contributed by atoms with E-state index in [1.165, 1.54) is 0 Å². The summed E-state index contributed by atoms with van der Waals surface area (Å²) in [5, 5.41) is 4.29. The van der Waals surface area contributed by atoms with Crippen LogP contribution in [0.4, 0.5) is 0 Å². The molecule has 92 valence electrons. The monoisotopic (exact) mass is 244 g/mol. The number of aromatic amines is 1. The van der Waals surface area contributed by atoms with Gasteiger partial charge in [-0.15, -0.1) is 0 Å². The summed E-state index contributed by atoms with van der Waals surface area (Å²) in [6.07, 6.45) is 0.870. The number of hydrogen-bond donors (Lipinski definition) is 2. The van der Waals surface area contributed by atoms with Gasteiger partial charge in [-0.3, -0.25) is 4.79 Å². The minimum Gasteiger partial charge on any atom is -0.454 e. The van der Waals surface area contributed by atoms with Crippen LogP contribution in [0.3, 0.4) is 0 Å². The predicted molar refractivity (Wildman–Crippen MR) is 66.1 cm³/mol. The molecule has 0 spiro atoms. The first-order chi connectivity index (χ1) is 8.83. The van der Waals surface area contributed by atoms with Gasteiger partial charge in [0, 0.05) is 23.6 Å². The Morgan fingerprint density at radius 3 is 2.83 bits per heavy atom. The summed E-state index contributed by atoms with van der Waals surface area (Å²) in [6, 6.07) is 3.82. The molecule has 1 aromatic carbocycles. The van der Waals surface area contributed by atoms with Gasteiger partial charge in [-0.1, -0.05) is 0 Å². The number of pyridine rings is 1. The van der Waals surface area contributed by atoms with Gasteiger partial charge >= 0.3 is 0 Å². The number of fused-ring (bicyclic) bond motifs is 4. The third-order valence-corrected chi connectivity index (χ3v) is 3.58. The molecular weight excluding hydrogens is 232 g/mol. The summed E-state index contributed by atoms with van der Waals surface area (Å²) in [6.45, 7) is 1.79. The third kappa shape index (κ3) is 1.28. The van der Waals surface area contributed by atoms with Crippen molar-refractivity contribution in [3.8, 4) is 11.5 Å². The van der Waals surface area contributed by atoms with Gasteiger partial charge in [-0.05, 0) is 24.6 Å². The lowest BCUT2D eigenvalue weighted by Crippen LogP contribution is -2.30. The van der Waals surface area contributed by atoms with Gasteiger partial charge in [0.2, 0.25) is 6.79 Å². The lowest BCUT2D eigenvalue weighted by Gasteiger charge is -2.18. The number of nitrogens with one attached hydrogen (secondary N) is 2. The Hall–Kier alpha value is -2.01. The van der Waals surface area contributed by atoms with E-state index in [-0.39, 0.29) is 12.4 Å². The SMILES string of the molecule is O=c1[nH]c2cc3c(cc2c2c1CNCC2)OCO3. The van der Waals surface area contributed by atoms with Crippen molar-refractivity contribution < 1.29 is 9.47 Å². The van der Waals surface area contributed by atoms with Gasteiger partial charge in [0.15, 0.2) is 11.5 Å². The van der Waals surface area contributed by atoms with Crippen molar-refractivity contribution in [1.29, 1.82) is 0 Å². The van der Waals surface area contributed by atoms with Crippen molar-refractivity contribution in [2.75, 3.05) is 13.3 Å². The molecule has 18 heavy (non-hydrogen) atoms. The van der Waals surface area contributed by atoms with Gasteiger partial charge in [0.25, 0.3) is 5.56 Å². The van der Waals surface area contributed by atoms with Gasteiger partial charge in [-0.25, -0.2) is 0 Å². The summed E-state index contributed by atoms with van der Waals surface area (Å²) in [5.41, 5.74) is 2.78. The minimum atomic E-state index is -0.0106. The molecule has 0 aliphatic carbocycles. The highest BCUT2D eigenvalue weighted by atomic mass is 16.7. The van der Waals surface area contributed by atoms with Gasteiger partial charge in [0.1, 0.15) is 0 Å². The highest BCUT2D eigenvalue weighted by Crippen LogP contribution is 2.36. The molecule has 2 aliphatic heterocycles. The van der Waals surface area contributed by atoms with E-state index in [2.05, 4.69) is 10.3 Å². The van der Waals surface area contributed by atoms with E-state index in [9.17, 15) is 4.79 Å². The maximum absolute atomic E-state index is 12.0. The number of H-pyrrole nitrogens is 1. The number of rotatable bonds is 0. The van der Waals surface area contributed by atoms with Crippen LogP contribution in [0.5, 0.6) is 11.5 Å². The van der Waals surface area contributed by atoms with Crippen LogP contribution in [-0.4, -0.2) is 18.3 Å². The second kappa shape index (κ2) is 3.49. The maximum atomic E-state index is 12.0. The molecule has 0 fully saturated rings. The lowest BCUT2D eigenvalue weighted by atomic mass is 9.97. The maximum Gasteiger partial charge on any atom is 0.253 e. The summed E-state index contributed by atoms with van der Waals surface area (Å²) < 4.78 is 10.7. The van der Waals surface area contributed by atoms with Crippen molar-refractivity contribution in [2.45, 2.75) is 13.0 Å². The standard InChI is InChI=1S/C13H12N2O3/c16-13-9-5-14-2-1-7(9)8-3-11-12(18-6-17-11)4-10(8)15-13/h3-4,14H,1-2,5-6H2,(H,15,16).